The molecule has 2 amide bonds. The molecule has 0 unspecified atom stereocenters. The molecule has 0 radical (unpaired) electrons. The van der Waals surface area contributed by atoms with Crippen molar-refractivity contribution in [3.8, 4) is 11.5 Å². The molecule has 4 rings (SSSR count). The van der Waals surface area contributed by atoms with E-state index in [2.05, 4.69) is 21.7 Å². The minimum atomic E-state index is -0.308. The summed E-state index contributed by atoms with van der Waals surface area (Å²) >= 11 is 6.01. The van der Waals surface area contributed by atoms with Gasteiger partial charge in [0.2, 0.25) is 0 Å². The van der Waals surface area contributed by atoms with E-state index in [0.717, 1.165) is 22.0 Å². The van der Waals surface area contributed by atoms with Crippen LogP contribution in [0.1, 0.15) is 17.0 Å². The number of ether oxygens (including phenoxy) is 2. The van der Waals surface area contributed by atoms with Crippen molar-refractivity contribution < 1.29 is 14.3 Å². The van der Waals surface area contributed by atoms with Crippen LogP contribution in [-0.4, -0.2) is 31.8 Å². The van der Waals surface area contributed by atoms with Crippen molar-refractivity contribution in [2.45, 2.75) is 5.92 Å². The average molecular weight is 450 g/mol. The predicted octanol–water partition coefficient (Wildman–Crippen LogP) is 5.79. The first-order valence-corrected chi connectivity index (χ1v) is 10.5. The van der Waals surface area contributed by atoms with Crippen LogP contribution in [0.15, 0.2) is 72.9 Å². The minimum Gasteiger partial charge on any atom is -0.493 e. The fraction of sp³-hybridized carbons (Fsp3) is 0.160. The normalized spacial score (nSPS) is 11.7. The van der Waals surface area contributed by atoms with Crippen molar-refractivity contribution in [2.75, 3.05) is 26.1 Å². The summed E-state index contributed by atoms with van der Waals surface area (Å²) in [5, 5.41) is 7.48. The molecule has 0 aliphatic heterocycles. The van der Waals surface area contributed by atoms with Gasteiger partial charge in [0.05, 0.1) is 14.2 Å². The smallest absolute Gasteiger partial charge is 0.319 e. The van der Waals surface area contributed by atoms with Crippen molar-refractivity contribution in [3.63, 3.8) is 0 Å². The first-order valence-electron chi connectivity index (χ1n) is 10.2. The van der Waals surface area contributed by atoms with E-state index in [0.29, 0.717) is 28.8 Å². The predicted molar refractivity (Wildman–Crippen MR) is 128 cm³/mol. The Labute approximate surface area is 191 Å². The number of hydrogen-bond donors (Lipinski definition) is 3. The number of urea groups is 1. The van der Waals surface area contributed by atoms with E-state index >= 15 is 0 Å². The molecule has 0 spiro atoms. The Morgan fingerprint density at radius 3 is 2.59 bits per heavy atom. The molecule has 0 fully saturated rings. The standard InChI is InChI=1S/C25H24ClN3O3/c1-31-23-11-10-16(12-24(23)32-2)20(21-15-27-22-9-4-3-8-19(21)22)14-28-25(30)29-18-7-5-6-17(26)13-18/h3-13,15,20,27H,14H2,1-2H3,(H2,28,29,30)/t20-/m0/s1. The highest BCUT2D eigenvalue weighted by Crippen LogP contribution is 2.35. The van der Waals surface area contributed by atoms with Gasteiger partial charge in [0.25, 0.3) is 0 Å². The molecule has 0 saturated heterocycles. The SMILES string of the molecule is COc1ccc([C@H](CNC(=O)Nc2cccc(Cl)c2)c2c[nH]c3ccccc23)cc1OC. The number of benzene rings is 3. The summed E-state index contributed by atoms with van der Waals surface area (Å²) in [4.78, 5) is 15.9. The molecule has 0 aliphatic carbocycles. The van der Waals surface area contributed by atoms with E-state index in [-0.39, 0.29) is 11.9 Å². The van der Waals surface area contributed by atoms with E-state index in [1.54, 1.807) is 38.5 Å². The summed E-state index contributed by atoms with van der Waals surface area (Å²) in [5.74, 6) is 1.18. The molecule has 0 aliphatic rings. The Balaban J connectivity index is 1.63. The van der Waals surface area contributed by atoms with Gasteiger partial charge in [-0.1, -0.05) is 41.9 Å². The molecule has 1 heterocycles. The molecule has 164 valence electrons. The Morgan fingerprint density at radius 1 is 1.00 bits per heavy atom. The number of fused-ring (bicyclic) bond motifs is 1. The molecule has 0 bridgehead atoms. The Morgan fingerprint density at radius 2 is 1.81 bits per heavy atom. The monoisotopic (exact) mass is 449 g/mol. The molecule has 3 N–H and O–H groups in total. The summed E-state index contributed by atoms with van der Waals surface area (Å²) < 4.78 is 10.9. The van der Waals surface area contributed by atoms with Crippen LogP contribution in [0.2, 0.25) is 5.02 Å². The van der Waals surface area contributed by atoms with Gasteiger partial charge in [0.1, 0.15) is 0 Å². The van der Waals surface area contributed by atoms with Crippen LogP contribution in [0.5, 0.6) is 11.5 Å². The second kappa shape index (κ2) is 9.66. The lowest BCUT2D eigenvalue weighted by Gasteiger charge is -2.20. The molecular weight excluding hydrogens is 426 g/mol. The van der Waals surface area contributed by atoms with Gasteiger partial charge in [-0.25, -0.2) is 4.79 Å². The lowest BCUT2D eigenvalue weighted by Crippen LogP contribution is -2.32. The number of methoxy groups -OCH3 is 2. The molecule has 1 atom stereocenters. The summed E-state index contributed by atoms with van der Waals surface area (Å²) in [5.41, 5.74) is 3.74. The van der Waals surface area contributed by atoms with Gasteiger partial charge in [-0.3, -0.25) is 0 Å². The first kappa shape index (κ1) is 21.6. The van der Waals surface area contributed by atoms with Crippen LogP contribution in [0.25, 0.3) is 10.9 Å². The lowest BCUT2D eigenvalue weighted by molar-refractivity contribution is 0.252. The summed E-state index contributed by atoms with van der Waals surface area (Å²) in [6.45, 7) is 0.379. The van der Waals surface area contributed by atoms with Crippen LogP contribution in [0.3, 0.4) is 0 Å². The number of H-pyrrole nitrogens is 1. The minimum absolute atomic E-state index is 0.115. The maximum atomic E-state index is 12.6. The largest absolute Gasteiger partial charge is 0.493 e. The van der Waals surface area contributed by atoms with Crippen LogP contribution in [-0.2, 0) is 0 Å². The third-order valence-electron chi connectivity index (χ3n) is 5.36. The third-order valence-corrected chi connectivity index (χ3v) is 5.59. The number of halogens is 1. The van der Waals surface area contributed by atoms with Gasteiger partial charge in [-0.05, 0) is 47.5 Å². The summed E-state index contributed by atoms with van der Waals surface area (Å²) in [6, 6.07) is 20.6. The highest BCUT2D eigenvalue weighted by molar-refractivity contribution is 6.30. The average Bonchev–Trinajstić information content (AvgIpc) is 3.23. The second-order valence-corrected chi connectivity index (χ2v) is 7.74. The molecule has 1 aromatic heterocycles. The van der Waals surface area contributed by atoms with Gasteiger partial charge in [0.15, 0.2) is 11.5 Å². The van der Waals surface area contributed by atoms with Crippen LogP contribution in [0, 0.1) is 0 Å². The van der Waals surface area contributed by atoms with E-state index in [1.165, 1.54) is 0 Å². The van der Waals surface area contributed by atoms with Gasteiger partial charge >= 0.3 is 6.03 Å². The van der Waals surface area contributed by atoms with Crippen LogP contribution < -0.4 is 20.1 Å². The zero-order valence-electron chi connectivity index (χ0n) is 17.8. The number of nitrogens with one attached hydrogen (secondary N) is 3. The number of aromatic nitrogens is 1. The third kappa shape index (κ3) is 4.65. The molecule has 6 nitrogen and oxygen atoms in total. The molecule has 4 aromatic rings. The first-order chi connectivity index (χ1) is 15.6. The van der Waals surface area contributed by atoms with E-state index in [9.17, 15) is 4.79 Å². The molecule has 3 aromatic carbocycles. The van der Waals surface area contributed by atoms with Gasteiger partial charge < -0.3 is 25.1 Å². The van der Waals surface area contributed by atoms with Crippen molar-refractivity contribution in [3.05, 3.63) is 89.1 Å². The van der Waals surface area contributed by atoms with Crippen molar-refractivity contribution in [1.29, 1.82) is 0 Å². The number of rotatable bonds is 7. The fourth-order valence-corrected chi connectivity index (χ4v) is 3.99. The van der Waals surface area contributed by atoms with Gasteiger partial charge in [-0.2, -0.15) is 0 Å². The Bertz CT molecular complexity index is 1240. The second-order valence-electron chi connectivity index (χ2n) is 7.30. The zero-order valence-corrected chi connectivity index (χ0v) is 18.6. The quantitative estimate of drug-likeness (QED) is 0.334. The molecular formula is C25H24ClN3O3. The maximum absolute atomic E-state index is 12.6. The number of anilines is 1. The van der Waals surface area contributed by atoms with E-state index in [1.807, 2.05) is 42.6 Å². The number of amides is 2. The molecule has 7 heteroatoms. The topological polar surface area (TPSA) is 75.4 Å². The summed E-state index contributed by atoms with van der Waals surface area (Å²) in [6.07, 6.45) is 1.99. The maximum Gasteiger partial charge on any atom is 0.319 e. The molecule has 32 heavy (non-hydrogen) atoms. The number of hydrogen-bond acceptors (Lipinski definition) is 3. The molecule has 0 saturated carbocycles. The number of carbonyl (C=O) groups is 1. The van der Waals surface area contributed by atoms with Gasteiger partial charge in [-0.15, -0.1) is 0 Å². The number of aromatic amines is 1. The van der Waals surface area contributed by atoms with E-state index in [4.69, 9.17) is 21.1 Å². The van der Waals surface area contributed by atoms with Crippen molar-refractivity contribution in [1.82, 2.24) is 10.3 Å². The Hall–Kier alpha value is -3.64. The summed E-state index contributed by atoms with van der Waals surface area (Å²) in [7, 11) is 3.22. The van der Waals surface area contributed by atoms with Crippen molar-refractivity contribution >= 4 is 34.2 Å². The highest BCUT2D eigenvalue weighted by Gasteiger charge is 2.21. The lowest BCUT2D eigenvalue weighted by atomic mass is 9.90. The fourth-order valence-electron chi connectivity index (χ4n) is 3.80. The van der Waals surface area contributed by atoms with E-state index < -0.39 is 0 Å². The number of para-hydroxylation sites is 1. The van der Waals surface area contributed by atoms with Gasteiger partial charge in [0, 0.05) is 40.3 Å². The number of carbonyl (C=O) groups excluding carboxylic acids is 1. The van der Waals surface area contributed by atoms with Crippen LogP contribution in [0.4, 0.5) is 10.5 Å². The Kier molecular flexibility index (Phi) is 6.52. The zero-order chi connectivity index (χ0) is 22.5. The van der Waals surface area contributed by atoms with Crippen molar-refractivity contribution in [2.24, 2.45) is 0 Å². The highest BCUT2D eigenvalue weighted by atomic mass is 35.5. The van der Waals surface area contributed by atoms with Crippen LogP contribution >= 0.6 is 11.6 Å².